The molecule has 1 aliphatic heterocycles. The molecule has 1 saturated heterocycles. The summed E-state index contributed by atoms with van der Waals surface area (Å²) in [7, 11) is 0. The molecule has 0 saturated carbocycles. The molecule has 3 aromatic rings. The maximum atomic E-state index is 12.2. The third-order valence-corrected chi connectivity index (χ3v) is 8.24. The summed E-state index contributed by atoms with van der Waals surface area (Å²) in [5.74, 6) is -1.42. The molecule has 1 aliphatic rings. The van der Waals surface area contributed by atoms with Crippen molar-refractivity contribution < 1.29 is 38.8 Å². The molecule has 9 nitrogen and oxygen atoms in total. The zero-order valence-electron chi connectivity index (χ0n) is 23.7. The first kappa shape index (κ1) is 31.2. The molecule has 1 heterocycles. The Kier molecular flexibility index (Phi) is 10.8. The van der Waals surface area contributed by atoms with E-state index in [1.165, 1.54) is 25.6 Å². The van der Waals surface area contributed by atoms with Gasteiger partial charge in [-0.05, 0) is 35.7 Å². The maximum Gasteiger partial charge on any atom is 0.336 e. The van der Waals surface area contributed by atoms with Gasteiger partial charge in [0.25, 0.3) is 5.91 Å². The number of rotatable bonds is 11. The highest BCUT2D eigenvalue weighted by Gasteiger charge is 2.38. The number of nitrogens with one attached hydrogen (secondary N) is 1. The number of aromatic carboxylic acids is 1. The predicted molar refractivity (Wildman–Crippen MR) is 157 cm³/mol. The van der Waals surface area contributed by atoms with Crippen molar-refractivity contribution in [1.82, 2.24) is 5.32 Å². The number of carboxylic acid groups (broad SMARTS) is 1. The molecule has 1 amide bonds. The number of carbonyl (C=O) groups is 3. The van der Waals surface area contributed by atoms with Crippen LogP contribution in [0.2, 0.25) is 0 Å². The number of hydrogen-bond acceptors (Lipinski definition) is 8. The quantitative estimate of drug-likeness (QED) is 0.207. The number of hydrogen-bond donors (Lipinski definition) is 3. The van der Waals surface area contributed by atoms with Crippen LogP contribution in [0.15, 0.2) is 77.7 Å². The van der Waals surface area contributed by atoms with Crippen molar-refractivity contribution in [2.75, 3.05) is 5.75 Å². The van der Waals surface area contributed by atoms with E-state index >= 15 is 0 Å². The summed E-state index contributed by atoms with van der Waals surface area (Å²) >= 11 is 1.44. The lowest BCUT2D eigenvalue weighted by molar-refractivity contribution is -0.268. The fraction of sp³-hybridized carbons (Fsp3) is 0.344. The third kappa shape index (κ3) is 7.98. The Bertz CT molecular complexity index is 1380. The van der Waals surface area contributed by atoms with Crippen molar-refractivity contribution in [1.29, 1.82) is 0 Å². The number of aliphatic hydroxyl groups excluding tert-OH is 1. The number of amides is 1. The normalized spacial score (nSPS) is 20.9. The van der Waals surface area contributed by atoms with Gasteiger partial charge in [-0.25, -0.2) is 4.79 Å². The Hall–Kier alpha value is -3.70. The summed E-state index contributed by atoms with van der Waals surface area (Å²) in [6.07, 6.45) is -2.14. The molecule has 0 radical (unpaired) electrons. The molecular weight excluding hydrogens is 558 g/mol. The summed E-state index contributed by atoms with van der Waals surface area (Å²) in [4.78, 5) is 35.7. The van der Waals surface area contributed by atoms with Crippen LogP contribution in [0.3, 0.4) is 0 Å². The first-order valence-electron chi connectivity index (χ1n) is 13.7. The van der Waals surface area contributed by atoms with E-state index in [0.717, 1.165) is 22.3 Å². The second-order valence-corrected chi connectivity index (χ2v) is 11.2. The van der Waals surface area contributed by atoms with Crippen LogP contribution in [0.5, 0.6) is 0 Å². The molecule has 1 fully saturated rings. The van der Waals surface area contributed by atoms with Crippen LogP contribution < -0.4 is 5.32 Å². The molecule has 3 N–H and O–H groups in total. The summed E-state index contributed by atoms with van der Waals surface area (Å²) in [5.41, 5.74) is 3.65. The predicted octanol–water partition coefficient (Wildman–Crippen LogP) is 5.03. The summed E-state index contributed by atoms with van der Waals surface area (Å²) < 4.78 is 17.9. The lowest BCUT2D eigenvalue weighted by atomic mass is 9.91. The van der Waals surface area contributed by atoms with Crippen molar-refractivity contribution >= 4 is 29.6 Å². The summed E-state index contributed by atoms with van der Waals surface area (Å²) in [5, 5.41) is 21.8. The molecule has 0 spiro atoms. The smallest absolute Gasteiger partial charge is 0.336 e. The second-order valence-electron chi connectivity index (χ2n) is 10.1. The Morgan fingerprint density at radius 1 is 0.952 bits per heavy atom. The Labute approximate surface area is 249 Å². The van der Waals surface area contributed by atoms with Crippen LogP contribution in [-0.4, -0.2) is 46.0 Å². The Balaban J connectivity index is 1.51. The summed E-state index contributed by atoms with van der Waals surface area (Å²) in [6.45, 7) is 5.03. The van der Waals surface area contributed by atoms with E-state index in [-0.39, 0.29) is 42.7 Å². The lowest BCUT2D eigenvalue weighted by Gasteiger charge is -2.41. The van der Waals surface area contributed by atoms with Crippen LogP contribution >= 0.6 is 11.8 Å². The molecule has 4 rings (SSSR count). The average molecular weight is 594 g/mol. The number of esters is 1. The second kappa shape index (κ2) is 14.5. The van der Waals surface area contributed by atoms with Gasteiger partial charge in [0.05, 0.1) is 24.4 Å². The van der Waals surface area contributed by atoms with E-state index in [0.29, 0.717) is 10.6 Å². The van der Waals surface area contributed by atoms with Crippen molar-refractivity contribution in [3.8, 4) is 0 Å². The topological polar surface area (TPSA) is 131 Å². The minimum absolute atomic E-state index is 0.0508. The molecule has 42 heavy (non-hydrogen) atoms. The van der Waals surface area contributed by atoms with Gasteiger partial charge in [0.15, 0.2) is 12.4 Å². The molecule has 0 bridgehead atoms. The van der Waals surface area contributed by atoms with Gasteiger partial charge in [-0.3, -0.25) is 9.59 Å². The molecular formula is C32H35NO8S. The van der Waals surface area contributed by atoms with Gasteiger partial charge < -0.3 is 29.7 Å². The van der Waals surface area contributed by atoms with Crippen LogP contribution in [0.4, 0.5) is 0 Å². The largest absolute Gasteiger partial charge is 0.478 e. The highest BCUT2D eigenvalue weighted by Crippen LogP contribution is 2.43. The molecule has 0 aliphatic carbocycles. The van der Waals surface area contributed by atoms with Gasteiger partial charge in [0, 0.05) is 35.6 Å². The number of carbonyl (C=O) groups excluding carboxylic acids is 2. The number of aliphatic hydroxyl groups is 1. The minimum atomic E-state index is -0.976. The van der Waals surface area contributed by atoms with E-state index in [1.807, 2.05) is 54.6 Å². The van der Waals surface area contributed by atoms with E-state index in [9.17, 15) is 24.6 Å². The fourth-order valence-electron chi connectivity index (χ4n) is 4.68. The first-order chi connectivity index (χ1) is 20.2. The monoisotopic (exact) mass is 593 g/mol. The van der Waals surface area contributed by atoms with Crippen LogP contribution in [0, 0.1) is 5.92 Å². The van der Waals surface area contributed by atoms with Crippen molar-refractivity contribution in [2.45, 2.75) is 63.4 Å². The molecule has 222 valence electrons. The molecule has 0 unspecified atom stereocenters. The average Bonchev–Trinajstić information content (AvgIpc) is 2.99. The van der Waals surface area contributed by atoms with Gasteiger partial charge in [-0.2, -0.15) is 0 Å². The SMILES string of the molecule is CC(=O)O[C@@H](C)C(=O)NCc1ccc([C@@H]2O[C@H](CSc3ccccc3C(=O)O)[C@H](C)[C@H](c3ccc(CO)cc3)O2)cc1. The highest BCUT2D eigenvalue weighted by atomic mass is 32.2. The highest BCUT2D eigenvalue weighted by molar-refractivity contribution is 7.99. The fourth-order valence-corrected chi connectivity index (χ4v) is 5.89. The standard InChI is InChI=1S/C32H35NO8S/c1-19-27(18-42-28-7-5-4-6-26(28)31(37)38)40-32(41-29(19)24-12-10-23(17-34)11-13-24)25-14-8-22(9-15-25)16-33-30(36)20(2)39-21(3)35/h4-15,19-20,27,29,32,34H,16-18H2,1-3H3,(H,33,36)(H,37,38)/t19-,20-,27+,29+,32+/m0/s1. The van der Waals surface area contributed by atoms with Crippen molar-refractivity contribution in [3.63, 3.8) is 0 Å². The Morgan fingerprint density at radius 3 is 2.24 bits per heavy atom. The zero-order chi connectivity index (χ0) is 30.2. The minimum Gasteiger partial charge on any atom is -0.478 e. The van der Waals surface area contributed by atoms with Crippen LogP contribution in [0.25, 0.3) is 0 Å². The van der Waals surface area contributed by atoms with Gasteiger partial charge in [-0.15, -0.1) is 11.8 Å². The van der Waals surface area contributed by atoms with Crippen molar-refractivity contribution in [3.05, 3.63) is 101 Å². The van der Waals surface area contributed by atoms with Gasteiger partial charge in [0.1, 0.15) is 0 Å². The van der Waals surface area contributed by atoms with Gasteiger partial charge >= 0.3 is 11.9 Å². The van der Waals surface area contributed by atoms with Crippen LogP contribution in [-0.2, 0) is 37.0 Å². The van der Waals surface area contributed by atoms with E-state index in [1.54, 1.807) is 18.2 Å². The zero-order valence-corrected chi connectivity index (χ0v) is 24.5. The van der Waals surface area contributed by atoms with Crippen molar-refractivity contribution in [2.24, 2.45) is 5.92 Å². The third-order valence-electron chi connectivity index (χ3n) is 7.07. The number of thioether (sulfide) groups is 1. The number of benzene rings is 3. The lowest BCUT2D eigenvalue weighted by Crippen LogP contribution is -2.38. The molecule has 3 aromatic carbocycles. The van der Waals surface area contributed by atoms with Gasteiger partial charge in [0.2, 0.25) is 0 Å². The Morgan fingerprint density at radius 2 is 1.60 bits per heavy atom. The molecule has 5 atom stereocenters. The number of ether oxygens (including phenoxy) is 3. The van der Waals surface area contributed by atoms with E-state index in [4.69, 9.17) is 14.2 Å². The maximum absolute atomic E-state index is 12.2. The van der Waals surface area contributed by atoms with E-state index in [2.05, 4.69) is 12.2 Å². The van der Waals surface area contributed by atoms with Crippen LogP contribution in [0.1, 0.15) is 65.8 Å². The van der Waals surface area contributed by atoms with E-state index < -0.39 is 24.3 Å². The first-order valence-corrected chi connectivity index (χ1v) is 14.6. The van der Waals surface area contributed by atoms with Gasteiger partial charge in [-0.1, -0.05) is 67.6 Å². The molecule has 10 heteroatoms. The summed E-state index contributed by atoms with van der Waals surface area (Å²) in [6, 6.07) is 22.0. The molecule has 0 aromatic heterocycles. The number of carboxylic acids is 1.